The molecule has 0 aliphatic carbocycles. The minimum absolute atomic E-state index is 0.125. The van der Waals surface area contributed by atoms with Crippen molar-refractivity contribution in [3.8, 4) is 22.6 Å². The molecule has 0 fully saturated rings. The lowest BCUT2D eigenvalue weighted by Crippen LogP contribution is -2.33. The molecule has 3 aromatic rings. The fourth-order valence-electron chi connectivity index (χ4n) is 2.82. The summed E-state index contributed by atoms with van der Waals surface area (Å²) in [5.41, 5.74) is 3.11. The summed E-state index contributed by atoms with van der Waals surface area (Å²) in [4.78, 5) is 25.0. The van der Waals surface area contributed by atoms with Gasteiger partial charge in [0.1, 0.15) is 0 Å². The van der Waals surface area contributed by atoms with Crippen LogP contribution in [0, 0.1) is 0 Å². The van der Waals surface area contributed by atoms with Gasteiger partial charge in [-0.05, 0) is 35.4 Å². The van der Waals surface area contributed by atoms with Crippen LogP contribution >= 0.6 is 0 Å². The van der Waals surface area contributed by atoms with Crippen molar-refractivity contribution in [2.75, 3.05) is 17.0 Å². The number of imide groups is 1. The molecule has 0 bridgehead atoms. The predicted molar refractivity (Wildman–Crippen MR) is 102 cm³/mol. The number of nitrogens with zero attached hydrogens (tertiary/aromatic N) is 1. The summed E-state index contributed by atoms with van der Waals surface area (Å²) in [7, 11) is 0. The van der Waals surface area contributed by atoms with E-state index < -0.39 is 6.03 Å². The van der Waals surface area contributed by atoms with E-state index in [1.807, 2.05) is 42.5 Å². The molecule has 0 radical (unpaired) electrons. The van der Waals surface area contributed by atoms with Gasteiger partial charge in [0.05, 0.1) is 5.69 Å². The Labute approximate surface area is 155 Å². The van der Waals surface area contributed by atoms with Crippen molar-refractivity contribution in [3.63, 3.8) is 0 Å². The van der Waals surface area contributed by atoms with E-state index in [0.717, 1.165) is 16.0 Å². The van der Waals surface area contributed by atoms with Crippen molar-refractivity contribution in [1.29, 1.82) is 0 Å². The topological polar surface area (TPSA) is 67.9 Å². The van der Waals surface area contributed by atoms with E-state index in [9.17, 15) is 9.59 Å². The predicted octanol–water partition coefficient (Wildman–Crippen LogP) is 4.28. The molecule has 3 aromatic carbocycles. The van der Waals surface area contributed by atoms with Crippen molar-refractivity contribution in [2.24, 2.45) is 0 Å². The highest BCUT2D eigenvalue weighted by Crippen LogP contribution is 2.35. The van der Waals surface area contributed by atoms with E-state index in [1.54, 1.807) is 30.3 Å². The third kappa shape index (κ3) is 3.46. The number of anilines is 2. The van der Waals surface area contributed by atoms with Gasteiger partial charge in [0.15, 0.2) is 11.5 Å². The molecule has 1 heterocycles. The van der Waals surface area contributed by atoms with E-state index in [0.29, 0.717) is 29.3 Å². The smallest absolute Gasteiger partial charge is 0.332 e. The molecule has 27 heavy (non-hydrogen) atoms. The van der Waals surface area contributed by atoms with Crippen LogP contribution in [0.25, 0.3) is 11.1 Å². The summed E-state index contributed by atoms with van der Waals surface area (Å²) in [6.07, 6.45) is 0.463. The SMILES string of the molecule is O=CN(C(=O)Nc1ccc(-c2ccccc2)cc1)c1ccc2c(c1)OCO2. The van der Waals surface area contributed by atoms with Gasteiger partial charge in [0.2, 0.25) is 13.2 Å². The van der Waals surface area contributed by atoms with Crippen molar-refractivity contribution < 1.29 is 19.1 Å². The van der Waals surface area contributed by atoms with Gasteiger partial charge in [-0.25, -0.2) is 9.69 Å². The van der Waals surface area contributed by atoms with Gasteiger partial charge in [0.25, 0.3) is 0 Å². The molecular weight excluding hydrogens is 344 g/mol. The van der Waals surface area contributed by atoms with Crippen LogP contribution in [-0.2, 0) is 4.79 Å². The summed E-state index contributed by atoms with van der Waals surface area (Å²) in [5, 5.41) is 2.72. The zero-order valence-electron chi connectivity index (χ0n) is 14.3. The molecule has 6 heteroatoms. The highest BCUT2D eigenvalue weighted by molar-refractivity contribution is 6.12. The maximum Gasteiger partial charge on any atom is 0.332 e. The minimum Gasteiger partial charge on any atom is -0.454 e. The number of ether oxygens (including phenoxy) is 2. The Morgan fingerprint density at radius 3 is 2.33 bits per heavy atom. The van der Waals surface area contributed by atoms with Gasteiger partial charge in [-0.2, -0.15) is 0 Å². The second-order valence-corrected chi connectivity index (χ2v) is 5.89. The van der Waals surface area contributed by atoms with Gasteiger partial charge in [0, 0.05) is 11.8 Å². The zero-order valence-corrected chi connectivity index (χ0v) is 14.3. The number of hydrogen-bond acceptors (Lipinski definition) is 4. The van der Waals surface area contributed by atoms with E-state index >= 15 is 0 Å². The first kappa shape index (κ1) is 16.7. The number of urea groups is 1. The number of hydrogen-bond donors (Lipinski definition) is 1. The molecule has 1 N–H and O–H groups in total. The van der Waals surface area contributed by atoms with Gasteiger partial charge in [-0.1, -0.05) is 42.5 Å². The van der Waals surface area contributed by atoms with Crippen molar-refractivity contribution >= 4 is 23.8 Å². The molecule has 1 aliphatic rings. The molecule has 6 nitrogen and oxygen atoms in total. The van der Waals surface area contributed by atoms with Gasteiger partial charge in [-0.15, -0.1) is 0 Å². The van der Waals surface area contributed by atoms with Crippen LogP contribution in [0.4, 0.5) is 16.2 Å². The van der Waals surface area contributed by atoms with Gasteiger partial charge < -0.3 is 14.8 Å². The summed E-state index contributed by atoms with van der Waals surface area (Å²) >= 11 is 0. The third-order valence-corrected chi connectivity index (χ3v) is 4.20. The van der Waals surface area contributed by atoms with Crippen LogP contribution in [0.1, 0.15) is 0 Å². The first-order valence-electron chi connectivity index (χ1n) is 8.35. The number of amides is 3. The number of benzene rings is 3. The normalized spacial score (nSPS) is 11.7. The Morgan fingerprint density at radius 1 is 0.889 bits per heavy atom. The zero-order chi connectivity index (χ0) is 18.6. The van der Waals surface area contributed by atoms with Gasteiger partial charge in [-0.3, -0.25) is 4.79 Å². The average Bonchev–Trinajstić information content (AvgIpc) is 3.18. The molecule has 0 unspecified atom stereocenters. The maximum absolute atomic E-state index is 12.5. The summed E-state index contributed by atoms with van der Waals surface area (Å²) in [5.74, 6) is 1.08. The lowest BCUT2D eigenvalue weighted by Gasteiger charge is -2.17. The van der Waals surface area contributed by atoms with Crippen LogP contribution < -0.4 is 19.7 Å². The molecule has 134 valence electrons. The monoisotopic (exact) mass is 360 g/mol. The largest absolute Gasteiger partial charge is 0.454 e. The van der Waals surface area contributed by atoms with Crippen LogP contribution in [0.15, 0.2) is 72.8 Å². The van der Waals surface area contributed by atoms with Crippen LogP contribution in [0.5, 0.6) is 11.5 Å². The highest BCUT2D eigenvalue weighted by Gasteiger charge is 2.20. The Balaban J connectivity index is 1.49. The quantitative estimate of drug-likeness (QED) is 0.705. The average molecular weight is 360 g/mol. The van der Waals surface area contributed by atoms with E-state index in [1.165, 1.54) is 0 Å². The van der Waals surface area contributed by atoms with E-state index in [-0.39, 0.29) is 6.79 Å². The third-order valence-electron chi connectivity index (χ3n) is 4.20. The first-order valence-corrected chi connectivity index (χ1v) is 8.35. The molecule has 4 rings (SSSR count). The molecule has 0 saturated carbocycles. The second kappa shape index (κ2) is 7.21. The van der Waals surface area contributed by atoms with Crippen molar-refractivity contribution in [3.05, 3.63) is 72.8 Å². The Morgan fingerprint density at radius 2 is 1.59 bits per heavy atom. The maximum atomic E-state index is 12.5. The second-order valence-electron chi connectivity index (χ2n) is 5.89. The minimum atomic E-state index is -0.559. The lowest BCUT2D eigenvalue weighted by atomic mass is 10.1. The first-order chi connectivity index (χ1) is 13.2. The van der Waals surface area contributed by atoms with Crippen molar-refractivity contribution in [2.45, 2.75) is 0 Å². The number of rotatable bonds is 4. The highest BCUT2D eigenvalue weighted by atomic mass is 16.7. The fraction of sp³-hybridized carbons (Fsp3) is 0.0476. The van der Waals surface area contributed by atoms with Crippen LogP contribution in [0.2, 0.25) is 0 Å². The summed E-state index contributed by atoms with van der Waals surface area (Å²) in [6, 6.07) is 21.7. The molecule has 0 saturated heterocycles. The lowest BCUT2D eigenvalue weighted by molar-refractivity contribution is -0.106. The fourth-order valence-corrected chi connectivity index (χ4v) is 2.82. The number of carbonyl (C=O) groups is 2. The number of nitrogens with one attached hydrogen (secondary N) is 1. The van der Waals surface area contributed by atoms with E-state index in [2.05, 4.69) is 5.32 Å². The Bertz CT molecular complexity index is 971. The summed E-state index contributed by atoms with van der Waals surface area (Å²) in [6.45, 7) is 0.125. The van der Waals surface area contributed by atoms with E-state index in [4.69, 9.17) is 9.47 Å². The molecule has 1 aliphatic heterocycles. The summed E-state index contributed by atoms with van der Waals surface area (Å²) < 4.78 is 10.5. The Kier molecular flexibility index (Phi) is 4.45. The number of fused-ring (bicyclic) bond motifs is 1. The van der Waals surface area contributed by atoms with Gasteiger partial charge >= 0.3 is 6.03 Å². The standard InChI is InChI=1S/C21H16N2O4/c24-13-23(18-10-11-19-20(12-18)27-14-26-19)21(25)22-17-8-6-16(7-9-17)15-4-2-1-3-5-15/h1-13H,14H2,(H,22,25). The Hall–Kier alpha value is -3.80. The van der Waals surface area contributed by atoms with Crippen LogP contribution in [-0.4, -0.2) is 19.2 Å². The molecular formula is C21H16N2O4. The molecule has 0 aromatic heterocycles. The van der Waals surface area contributed by atoms with Crippen molar-refractivity contribution in [1.82, 2.24) is 0 Å². The molecule has 0 atom stereocenters. The molecule has 3 amide bonds. The number of carbonyl (C=O) groups excluding carboxylic acids is 2. The van der Waals surface area contributed by atoms with Crippen LogP contribution in [0.3, 0.4) is 0 Å². The molecule has 0 spiro atoms.